The molecule has 0 spiro atoms. The fourth-order valence-electron chi connectivity index (χ4n) is 2.71. The van der Waals surface area contributed by atoms with Crippen molar-refractivity contribution < 1.29 is 9.53 Å². The number of hydrogen-bond donors (Lipinski definition) is 2. The van der Waals surface area contributed by atoms with Crippen LogP contribution in [0.5, 0.6) is 0 Å². The first kappa shape index (κ1) is 18.4. The van der Waals surface area contributed by atoms with E-state index in [9.17, 15) is 4.79 Å². The van der Waals surface area contributed by atoms with Gasteiger partial charge in [0.2, 0.25) is 5.91 Å². The van der Waals surface area contributed by atoms with Crippen molar-refractivity contribution in [2.24, 2.45) is 0 Å². The highest BCUT2D eigenvalue weighted by Crippen LogP contribution is 2.08. The number of rotatable bonds is 12. The van der Waals surface area contributed by atoms with Crippen LogP contribution in [0.25, 0.3) is 0 Å². The Morgan fingerprint density at radius 1 is 1.00 bits per heavy atom. The first-order valence-electron chi connectivity index (χ1n) is 8.90. The third-order valence-corrected chi connectivity index (χ3v) is 4.08. The normalized spacial score (nSPS) is 16.0. The number of nitrogens with one attached hydrogen (secondary N) is 2. The Morgan fingerprint density at radius 2 is 1.62 bits per heavy atom. The molecule has 2 N–H and O–H groups in total. The summed E-state index contributed by atoms with van der Waals surface area (Å²) in [7, 11) is 0. The summed E-state index contributed by atoms with van der Waals surface area (Å²) in [6.45, 7) is 5.21. The van der Waals surface area contributed by atoms with E-state index in [1.165, 1.54) is 51.4 Å². The van der Waals surface area contributed by atoms with E-state index in [4.69, 9.17) is 4.74 Å². The summed E-state index contributed by atoms with van der Waals surface area (Å²) in [5.41, 5.74) is 0. The fraction of sp³-hybridized carbons (Fsp3) is 0.941. The van der Waals surface area contributed by atoms with Crippen molar-refractivity contribution in [2.75, 3.05) is 26.3 Å². The molecule has 124 valence electrons. The van der Waals surface area contributed by atoms with Crippen LogP contribution in [-0.2, 0) is 9.53 Å². The van der Waals surface area contributed by atoms with Gasteiger partial charge in [-0.15, -0.1) is 0 Å². The van der Waals surface area contributed by atoms with E-state index in [0.29, 0.717) is 12.6 Å². The standard InChI is InChI=1S/C17H34N2O2/c1-2-3-4-5-6-7-8-9-12-18-15-17(20)19-16-10-13-21-14-11-16/h16,18H,2-15H2,1H3,(H,19,20). The topological polar surface area (TPSA) is 50.4 Å². The first-order chi connectivity index (χ1) is 10.3. The van der Waals surface area contributed by atoms with Gasteiger partial charge in [-0.1, -0.05) is 51.9 Å². The van der Waals surface area contributed by atoms with Gasteiger partial charge in [-0.05, 0) is 25.8 Å². The third kappa shape index (κ3) is 10.7. The fourth-order valence-corrected chi connectivity index (χ4v) is 2.71. The summed E-state index contributed by atoms with van der Waals surface area (Å²) < 4.78 is 5.28. The molecule has 0 aromatic heterocycles. The largest absolute Gasteiger partial charge is 0.381 e. The molecule has 4 nitrogen and oxygen atoms in total. The molecule has 1 aliphatic rings. The van der Waals surface area contributed by atoms with Crippen molar-refractivity contribution in [1.82, 2.24) is 10.6 Å². The van der Waals surface area contributed by atoms with Crippen LogP contribution in [0.15, 0.2) is 0 Å². The zero-order valence-corrected chi connectivity index (χ0v) is 13.8. The molecule has 0 unspecified atom stereocenters. The van der Waals surface area contributed by atoms with Gasteiger partial charge < -0.3 is 15.4 Å². The molecule has 4 heteroatoms. The highest BCUT2D eigenvalue weighted by Gasteiger charge is 2.15. The lowest BCUT2D eigenvalue weighted by Gasteiger charge is -2.23. The van der Waals surface area contributed by atoms with Crippen molar-refractivity contribution >= 4 is 5.91 Å². The number of carbonyl (C=O) groups excluding carboxylic acids is 1. The van der Waals surface area contributed by atoms with Gasteiger partial charge in [0.15, 0.2) is 0 Å². The second-order valence-corrected chi connectivity index (χ2v) is 6.11. The van der Waals surface area contributed by atoms with Crippen LogP contribution in [0.4, 0.5) is 0 Å². The van der Waals surface area contributed by atoms with E-state index in [2.05, 4.69) is 17.6 Å². The zero-order valence-electron chi connectivity index (χ0n) is 13.8. The summed E-state index contributed by atoms with van der Waals surface area (Å²) in [5.74, 6) is 0.126. The molecule has 0 atom stereocenters. The second kappa shape index (κ2) is 13.1. The molecule has 1 heterocycles. The van der Waals surface area contributed by atoms with E-state index < -0.39 is 0 Å². The maximum Gasteiger partial charge on any atom is 0.234 e. The van der Waals surface area contributed by atoms with E-state index in [0.717, 1.165) is 32.6 Å². The quantitative estimate of drug-likeness (QED) is 0.545. The van der Waals surface area contributed by atoms with Gasteiger partial charge in [0.1, 0.15) is 0 Å². The van der Waals surface area contributed by atoms with Gasteiger partial charge >= 0.3 is 0 Å². The summed E-state index contributed by atoms with van der Waals surface area (Å²) in [6, 6.07) is 0.316. The molecule has 0 aromatic rings. The van der Waals surface area contributed by atoms with Crippen LogP contribution >= 0.6 is 0 Å². The van der Waals surface area contributed by atoms with E-state index in [-0.39, 0.29) is 5.91 Å². The first-order valence-corrected chi connectivity index (χ1v) is 8.90. The van der Waals surface area contributed by atoms with E-state index in [1.54, 1.807) is 0 Å². The van der Waals surface area contributed by atoms with Crippen LogP contribution in [0.3, 0.4) is 0 Å². The third-order valence-electron chi connectivity index (χ3n) is 4.08. The molecule has 1 aliphatic heterocycles. The molecule has 0 aliphatic carbocycles. The Kier molecular flexibility index (Phi) is 11.5. The van der Waals surface area contributed by atoms with Gasteiger partial charge in [0.05, 0.1) is 6.54 Å². The van der Waals surface area contributed by atoms with E-state index >= 15 is 0 Å². The molecule has 0 bridgehead atoms. The van der Waals surface area contributed by atoms with Crippen LogP contribution in [0, 0.1) is 0 Å². The van der Waals surface area contributed by atoms with Gasteiger partial charge in [0.25, 0.3) is 0 Å². The molecule has 0 aromatic carbocycles. The number of carbonyl (C=O) groups is 1. The average Bonchev–Trinajstić information content (AvgIpc) is 2.50. The molecule has 0 saturated carbocycles. The number of hydrogen-bond acceptors (Lipinski definition) is 3. The van der Waals surface area contributed by atoms with Gasteiger partial charge in [-0.2, -0.15) is 0 Å². The monoisotopic (exact) mass is 298 g/mol. The Morgan fingerprint density at radius 3 is 2.29 bits per heavy atom. The maximum absolute atomic E-state index is 11.7. The van der Waals surface area contributed by atoms with Crippen LogP contribution < -0.4 is 10.6 Å². The summed E-state index contributed by atoms with van der Waals surface area (Å²) in [6.07, 6.45) is 12.5. The lowest BCUT2D eigenvalue weighted by atomic mass is 10.1. The molecule has 1 rings (SSSR count). The van der Waals surface area contributed by atoms with Crippen molar-refractivity contribution in [1.29, 1.82) is 0 Å². The minimum atomic E-state index is 0.126. The van der Waals surface area contributed by atoms with Crippen molar-refractivity contribution in [3.8, 4) is 0 Å². The lowest BCUT2D eigenvalue weighted by Crippen LogP contribution is -2.43. The smallest absolute Gasteiger partial charge is 0.234 e. The summed E-state index contributed by atoms with van der Waals surface area (Å²) >= 11 is 0. The summed E-state index contributed by atoms with van der Waals surface area (Å²) in [5, 5.41) is 6.31. The van der Waals surface area contributed by atoms with Crippen molar-refractivity contribution in [3.05, 3.63) is 0 Å². The maximum atomic E-state index is 11.7. The second-order valence-electron chi connectivity index (χ2n) is 6.11. The predicted octanol–water partition coefficient (Wildman–Crippen LogP) is 3.01. The van der Waals surface area contributed by atoms with Gasteiger partial charge in [-0.3, -0.25) is 4.79 Å². The van der Waals surface area contributed by atoms with Gasteiger partial charge in [-0.25, -0.2) is 0 Å². The number of unbranched alkanes of at least 4 members (excludes halogenated alkanes) is 7. The Balaban J connectivity index is 1.81. The average molecular weight is 298 g/mol. The van der Waals surface area contributed by atoms with Crippen molar-refractivity contribution in [2.45, 2.75) is 77.2 Å². The number of amides is 1. The predicted molar refractivity (Wildman–Crippen MR) is 87.5 cm³/mol. The lowest BCUT2D eigenvalue weighted by molar-refractivity contribution is -0.121. The Hall–Kier alpha value is -0.610. The Labute approximate surface area is 130 Å². The molecular formula is C17H34N2O2. The van der Waals surface area contributed by atoms with Crippen LogP contribution in [0.1, 0.15) is 71.1 Å². The van der Waals surface area contributed by atoms with Crippen LogP contribution in [-0.4, -0.2) is 38.3 Å². The Bertz CT molecular complexity index is 253. The summed E-state index contributed by atoms with van der Waals surface area (Å²) in [4.78, 5) is 11.7. The SMILES string of the molecule is CCCCCCCCCCNCC(=O)NC1CCOCC1. The van der Waals surface area contributed by atoms with Crippen LogP contribution in [0.2, 0.25) is 0 Å². The minimum Gasteiger partial charge on any atom is -0.381 e. The molecule has 1 saturated heterocycles. The minimum absolute atomic E-state index is 0.126. The van der Waals surface area contributed by atoms with Gasteiger partial charge in [0, 0.05) is 19.3 Å². The highest BCUT2D eigenvalue weighted by atomic mass is 16.5. The van der Waals surface area contributed by atoms with Crippen molar-refractivity contribution in [3.63, 3.8) is 0 Å². The molecule has 1 amide bonds. The number of ether oxygens (including phenoxy) is 1. The molecule has 21 heavy (non-hydrogen) atoms. The highest BCUT2D eigenvalue weighted by molar-refractivity contribution is 5.78. The van der Waals surface area contributed by atoms with E-state index in [1.807, 2.05) is 0 Å². The molecule has 0 radical (unpaired) electrons. The molecular weight excluding hydrogens is 264 g/mol. The zero-order chi connectivity index (χ0) is 15.2. The molecule has 1 fully saturated rings.